The predicted molar refractivity (Wildman–Crippen MR) is 133 cm³/mol. The van der Waals surface area contributed by atoms with Gasteiger partial charge in [-0.3, -0.25) is 14.4 Å². The zero-order valence-electron chi connectivity index (χ0n) is 21.6. The summed E-state index contributed by atoms with van der Waals surface area (Å²) in [5, 5.41) is 18.7. The van der Waals surface area contributed by atoms with Gasteiger partial charge in [0.2, 0.25) is 5.91 Å². The molecule has 0 fully saturated rings. The van der Waals surface area contributed by atoms with Crippen molar-refractivity contribution in [2.45, 2.75) is 31.7 Å². The summed E-state index contributed by atoms with van der Waals surface area (Å²) in [6, 6.07) is 0.627. The minimum atomic E-state index is -1.36. The van der Waals surface area contributed by atoms with Gasteiger partial charge in [0.05, 0.1) is 22.5 Å². The Balaban J connectivity index is 0.000000197. The number of Topliss-reactive ketones (excluding diaryl/α,β-unsaturated/α-hetero) is 1. The van der Waals surface area contributed by atoms with Gasteiger partial charge in [0.1, 0.15) is 66.3 Å². The monoisotopic (exact) mass is 607 g/mol. The third-order valence-electron chi connectivity index (χ3n) is 6.04. The Bertz CT molecular complexity index is 1650. The first kappa shape index (κ1) is 30.6. The average molecular weight is 607 g/mol. The van der Waals surface area contributed by atoms with E-state index in [0.717, 1.165) is 17.3 Å². The van der Waals surface area contributed by atoms with Crippen molar-refractivity contribution in [1.29, 1.82) is 0 Å². The molecule has 2 aromatic heterocycles. The summed E-state index contributed by atoms with van der Waals surface area (Å²) in [5.74, 6) is -9.69. The Morgan fingerprint density at radius 1 is 0.860 bits per heavy atom. The van der Waals surface area contributed by atoms with E-state index in [1.807, 2.05) is 0 Å². The number of carbonyl (C=O) groups is 3. The molecule has 0 spiro atoms. The van der Waals surface area contributed by atoms with Gasteiger partial charge >= 0.3 is 5.97 Å². The number of aromatic nitrogens is 6. The molecule has 1 atom stereocenters. The number of hydrogen-bond acceptors (Lipinski definition) is 7. The highest BCUT2D eigenvalue weighted by Crippen LogP contribution is 2.30. The van der Waals surface area contributed by atoms with E-state index in [4.69, 9.17) is 5.11 Å². The van der Waals surface area contributed by atoms with Gasteiger partial charge in [0.15, 0.2) is 5.78 Å². The number of ketones is 1. The van der Waals surface area contributed by atoms with Crippen LogP contribution in [0.2, 0.25) is 0 Å². The highest BCUT2D eigenvalue weighted by atomic mass is 19.2. The first-order valence-corrected chi connectivity index (χ1v) is 12.2. The minimum Gasteiger partial charge on any atom is -0.481 e. The molecule has 1 aliphatic heterocycles. The lowest BCUT2D eigenvalue weighted by Gasteiger charge is -2.21. The Hall–Kier alpha value is -5.35. The highest BCUT2D eigenvalue weighted by molar-refractivity contribution is 5.99. The maximum absolute atomic E-state index is 13.9. The van der Waals surface area contributed by atoms with Gasteiger partial charge in [0.25, 0.3) is 0 Å². The number of carboxylic acid groups (broad SMARTS) is 1. The van der Waals surface area contributed by atoms with Gasteiger partial charge in [0, 0.05) is 43.5 Å². The van der Waals surface area contributed by atoms with E-state index in [2.05, 4.69) is 25.5 Å². The largest absolute Gasteiger partial charge is 0.481 e. The Morgan fingerprint density at radius 2 is 1.44 bits per heavy atom. The lowest BCUT2D eigenvalue weighted by atomic mass is 9.99. The minimum absolute atomic E-state index is 0.0632. The molecule has 1 aliphatic rings. The molecular weight excluding hydrogens is 588 g/mol. The van der Waals surface area contributed by atoms with Crippen LogP contribution in [0.3, 0.4) is 0 Å². The zero-order chi connectivity index (χ0) is 31.3. The van der Waals surface area contributed by atoms with Gasteiger partial charge in [-0.1, -0.05) is 0 Å². The Kier molecular flexibility index (Phi) is 9.32. The van der Waals surface area contributed by atoms with Crippen molar-refractivity contribution in [2.75, 3.05) is 0 Å². The number of nitrogens with one attached hydrogen (secondary N) is 1. The molecule has 0 radical (unpaired) electrons. The van der Waals surface area contributed by atoms with E-state index in [0.29, 0.717) is 30.0 Å². The van der Waals surface area contributed by atoms with Crippen LogP contribution in [0.15, 0.2) is 49.6 Å². The predicted octanol–water partition coefficient (Wildman–Crippen LogP) is 3.92. The lowest BCUT2D eigenvalue weighted by molar-refractivity contribution is -0.137. The van der Waals surface area contributed by atoms with Crippen molar-refractivity contribution >= 4 is 29.1 Å². The van der Waals surface area contributed by atoms with Crippen LogP contribution in [0.4, 0.5) is 26.3 Å². The van der Waals surface area contributed by atoms with Crippen molar-refractivity contribution < 1.29 is 45.8 Å². The normalized spacial score (nSPS) is 13.7. The van der Waals surface area contributed by atoms with Gasteiger partial charge in [-0.15, -0.1) is 0 Å². The van der Waals surface area contributed by atoms with E-state index in [9.17, 15) is 40.7 Å². The summed E-state index contributed by atoms with van der Waals surface area (Å²) in [6.45, 7) is 0. The molecule has 4 aromatic rings. The summed E-state index contributed by atoms with van der Waals surface area (Å²) in [5.41, 5.74) is -1.11. The number of benzene rings is 2. The van der Waals surface area contributed by atoms with Crippen LogP contribution < -0.4 is 5.32 Å². The molecule has 224 valence electrons. The van der Waals surface area contributed by atoms with Crippen LogP contribution in [0.5, 0.6) is 0 Å². The first-order valence-electron chi connectivity index (χ1n) is 12.2. The number of allylic oxidation sites excluding steroid dienone is 1. The molecular formula is C26H19F6N7O4. The molecule has 5 rings (SSSR count). The van der Waals surface area contributed by atoms with Crippen LogP contribution >= 0.6 is 0 Å². The third kappa shape index (κ3) is 7.11. The maximum Gasteiger partial charge on any atom is 0.303 e. The number of nitrogens with zero attached hydrogens (tertiary/aromatic N) is 6. The van der Waals surface area contributed by atoms with Gasteiger partial charge in [-0.25, -0.2) is 45.7 Å². The highest BCUT2D eigenvalue weighted by Gasteiger charge is 2.29. The number of carboxylic acids is 1. The van der Waals surface area contributed by atoms with E-state index >= 15 is 0 Å². The van der Waals surface area contributed by atoms with E-state index in [1.165, 1.54) is 17.3 Å². The molecule has 1 unspecified atom stereocenters. The van der Waals surface area contributed by atoms with Crippen molar-refractivity contribution in [2.24, 2.45) is 0 Å². The van der Waals surface area contributed by atoms with Crippen molar-refractivity contribution in [3.05, 3.63) is 95.6 Å². The van der Waals surface area contributed by atoms with E-state index in [1.54, 1.807) is 0 Å². The fraction of sp³-hybridized carbons (Fsp3) is 0.192. The van der Waals surface area contributed by atoms with Gasteiger partial charge in [-0.2, -0.15) is 10.2 Å². The molecule has 2 aromatic carbocycles. The van der Waals surface area contributed by atoms with Gasteiger partial charge in [-0.05, 0) is 6.42 Å². The molecule has 0 saturated carbocycles. The number of rotatable bonds is 8. The molecule has 1 amide bonds. The first-order chi connectivity index (χ1) is 20.5. The second-order valence-corrected chi connectivity index (χ2v) is 8.89. The fourth-order valence-electron chi connectivity index (χ4n) is 4.16. The number of carbonyl (C=O) groups excluding carboxylic acids is 2. The maximum atomic E-state index is 13.9. The topological polar surface area (TPSA) is 145 Å². The van der Waals surface area contributed by atoms with Crippen LogP contribution in [0.1, 0.15) is 47.6 Å². The van der Waals surface area contributed by atoms with Crippen LogP contribution in [0, 0.1) is 34.9 Å². The van der Waals surface area contributed by atoms with Gasteiger partial charge < -0.3 is 10.4 Å². The van der Waals surface area contributed by atoms with E-state index in [-0.39, 0.29) is 30.9 Å². The molecule has 11 nitrogen and oxygen atoms in total. The average Bonchev–Trinajstić information content (AvgIpc) is 3.63. The quantitative estimate of drug-likeness (QED) is 0.227. The second kappa shape index (κ2) is 13.1. The summed E-state index contributed by atoms with van der Waals surface area (Å²) < 4.78 is 83.5. The van der Waals surface area contributed by atoms with Crippen molar-refractivity contribution in [1.82, 2.24) is 34.8 Å². The SMILES string of the molecule is O=C(O)CCC(C(=O)c1c(F)cc(F)cc1F)n1cncn1.O=C1CCC(n2cncn2)=C(c2c(F)cc(F)cc2F)N1. The zero-order valence-corrected chi connectivity index (χ0v) is 21.6. The van der Waals surface area contributed by atoms with Crippen molar-refractivity contribution in [3.8, 4) is 0 Å². The van der Waals surface area contributed by atoms with Crippen LogP contribution in [-0.2, 0) is 9.59 Å². The smallest absolute Gasteiger partial charge is 0.303 e. The molecule has 0 saturated heterocycles. The third-order valence-corrected chi connectivity index (χ3v) is 6.04. The molecule has 0 bridgehead atoms. The number of amides is 1. The molecule has 3 heterocycles. The fourth-order valence-corrected chi connectivity index (χ4v) is 4.16. The summed E-state index contributed by atoms with van der Waals surface area (Å²) in [7, 11) is 0. The number of aliphatic carboxylic acids is 1. The summed E-state index contributed by atoms with van der Waals surface area (Å²) >= 11 is 0. The summed E-state index contributed by atoms with van der Waals surface area (Å²) in [4.78, 5) is 41.9. The molecule has 43 heavy (non-hydrogen) atoms. The molecule has 2 N–H and O–H groups in total. The van der Waals surface area contributed by atoms with Crippen LogP contribution in [-0.4, -0.2) is 52.3 Å². The Labute approximate surface area is 237 Å². The lowest BCUT2D eigenvalue weighted by Crippen LogP contribution is -2.29. The van der Waals surface area contributed by atoms with Crippen LogP contribution in [0.25, 0.3) is 11.4 Å². The number of halogens is 6. The standard InChI is InChI=1S/C13H9F3N4O.C13H10F3N3O3/c14-7-3-8(15)12(9(16)4-7)13-10(1-2-11(21)19-13)20-6-17-5-18-20;14-7-3-8(15)12(9(16)4-7)13(22)10(1-2-11(20)21)19-6-17-5-18-19/h3-6H,1-2H2,(H,19,21);3-6,10H,1-2H2,(H,20,21). The number of hydrogen-bond donors (Lipinski definition) is 2. The van der Waals surface area contributed by atoms with Crippen molar-refractivity contribution in [3.63, 3.8) is 0 Å². The molecule has 17 heteroatoms. The second-order valence-electron chi connectivity index (χ2n) is 8.89. The van der Waals surface area contributed by atoms with E-state index < -0.39 is 70.2 Å². The Morgan fingerprint density at radius 3 is 1.98 bits per heavy atom. The molecule has 0 aliphatic carbocycles. The summed E-state index contributed by atoms with van der Waals surface area (Å²) in [6.07, 6.45) is 4.57.